The molecule has 3 heterocycles. The molecule has 0 saturated heterocycles. The predicted octanol–water partition coefficient (Wildman–Crippen LogP) is 14.0. The average Bonchev–Trinajstić information content (AvgIpc) is 3.79. The molecule has 8 aromatic carbocycles. The number of hydrogen-bond donors (Lipinski definition) is 0. The molecule has 0 atom stereocenters. The van der Waals surface area contributed by atoms with Crippen molar-refractivity contribution >= 4 is 83.3 Å². The minimum Gasteiger partial charge on any atom is -0.309 e. The van der Waals surface area contributed by atoms with Crippen molar-refractivity contribution in [3.8, 4) is 11.4 Å². The van der Waals surface area contributed by atoms with Gasteiger partial charge in [0.2, 0.25) is 0 Å². The van der Waals surface area contributed by atoms with E-state index in [1.54, 1.807) is 11.8 Å². The van der Waals surface area contributed by atoms with Crippen LogP contribution in [0.5, 0.6) is 0 Å². The molecule has 11 rings (SSSR count). The first kappa shape index (κ1) is 32.4. The quantitative estimate of drug-likeness (QED) is 0.163. The SMILES string of the molecule is c1ccc(Sc2ccc(N(c3ccc(-n4c5ccccc5c5ccccc54)cc3)c3ccc(-n4c5ccccc5c5ccccc54)cc3)c3ncccc23)cc1. The van der Waals surface area contributed by atoms with Crippen molar-refractivity contribution in [3.05, 3.63) is 206 Å². The maximum absolute atomic E-state index is 5.05. The first-order valence-corrected chi connectivity index (χ1v) is 19.7. The van der Waals surface area contributed by atoms with Gasteiger partial charge in [-0.2, -0.15) is 0 Å². The highest BCUT2D eigenvalue weighted by atomic mass is 32.2. The highest BCUT2D eigenvalue weighted by Crippen LogP contribution is 2.43. The molecule has 4 nitrogen and oxygen atoms in total. The van der Waals surface area contributed by atoms with E-state index in [4.69, 9.17) is 4.98 Å². The van der Waals surface area contributed by atoms with Crippen LogP contribution in [0.25, 0.3) is 65.9 Å². The summed E-state index contributed by atoms with van der Waals surface area (Å²) in [6.07, 6.45) is 1.90. The van der Waals surface area contributed by atoms with E-state index < -0.39 is 0 Å². The van der Waals surface area contributed by atoms with Gasteiger partial charge in [-0.05, 0) is 103 Å². The van der Waals surface area contributed by atoms with Crippen LogP contribution >= 0.6 is 11.8 Å². The van der Waals surface area contributed by atoms with Crippen LogP contribution < -0.4 is 4.90 Å². The molecule has 0 spiro atoms. The van der Waals surface area contributed by atoms with Gasteiger partial charge in [-0.25, -0.2) is 0 Å². The van der Waals surface area contributed by atoms with Crippen LogP contribution in [0.15, 0.2) is 216 Å². The molecule has 0 unspecified atom stereocenters. The van der Waals surface area contributed by atoms with E-state index in [0.717, 1.165) is 39.3 Å². The highest BCUT2D eigenvalue weighted by molar-refractivity contribution is 7.99. The Hall–Kier alpha value is -7.08. The maximum atomic E-state index is 5.05. The number of aromatic nitrogens is 3. The molecule has 11 aromatic rings. The van der Waals surface area contributed by atoms with Crippen LogP contribution in [0, 0.1) is 0 Å². The van der Waals surface area contributed by atoms with E-state index in [1.807, 2.05) is 12.3 Å². The number of rotatable bonds is 7. The molecule has 0 N–H and O–H groups in total. The molecular formula is C51H34N4S. The first-order chi connectivity index (χ1) is 27.8. The lowest BCUT2D eigenvalue weighted by atomic mass is 10.1. The second kappa shape index (κ2) is 13.3. The number of fused-ring (bicyclic) bond motifs is 7. The molecule has 264 valence electrons. The first-order valence-electron chi connectivity index (χ1n) is 18.9. The van der Waals surface area contributed by atoms with Crippen molar-refractivity contribution in [2.24, 2.45) is 0 Å². The molecule has 0 fully saturated rings. The Balaban J connectivity index is 1.07. The van der Waals surface area contributed by atoms with Gasteiger partial charge in [0.25, 0.3) is 0 Å². The molecule has 0 bridgehead atoms. The lowest BCUT2D eigenvalue weighted by Gasteiger charge is -2.27. The van der Waals surface area contributed by atoms with Crippen LogP contribution in [0.3, 0.4) is 0 Å². The fraction of sp³-hybridized carbons (Fsp3) is 0. The normalized spacial score (nSPS) is 11.6. The van der Waals surface area contributed by atoms with Crippen LogP contribution in [0.4, 0.5) is 17.1 Å². The second-order valence-corrected chi connectivity index (χ2v) is 15.1. The number of anilines is 3. The van der Waals surface area contributed by atoms with E-state index in [9.17, 15) is 0 Å². The van der Waals surface area contributed by atoms with E-state index in [0.29, 0.717) is 0 Å². The summed E-state index contributed by atoms with van der Waals surface area (Å²) in [5, 5.41) is 6.13. The molecule has 0 aliphatic heterocycles. The third-order valence-electron chi connectivity index (χ3n) is 10.8. The van der Waals surface area contributed by atoms with Gasteiger partial charge in [0.1, 0.15) is 0 Å². The molecule has 56 heavy (non-hydrogen) atoms. The second-order valence-electron chi connectivity index (χ2n) is 14.0. The monoisotopic (exact) mass is 734 g/mol. The Morgan fingerprint density at radius 1 is 0.375 bits per heavy atom. The summed E-state index contributed by atoms with van der Waals surface area (Å²) in [6.45, 7) is 0. The van der Waals surface area contributed by atoms with Crippen LogP contribution in [0.2, 0.25) is 0 Å². The van der Waals surface area contributed by atoms with Crippen LogP contribution in [-0.2, 0) is 0 Å². The summed E-state index contributed by atoms with van der Waals surface area (Å²) >= 11 is 1.77. The third kappa shape index (κ3) is 5.28. The van der Waals surface area contributed by atoms with Gasteiger partial charge >= 0.3 is 0 Å². The summed E-state index contributed by atoms with van der Waals surface area (Å²) < 4.78 is 4.73. The van der Waals surface area contributed by atoms with E-state index in [1.165, 1.54) is 53.4 Å². The summed E-state index contributed by atoms with van der Waals surface area (Å²) in [4.78, 5) is 9.76. The summed E-state index contributed by atoms with van der Waals surface area (Å²) in [7, 11) is 0. The van der Waals surface area contributed by atoms with E-state index >= 15 is 0 Å². The fourth-order valence-electron chi connectivity index (χ4n) is 8.35. The van der Waals surface area contributed by atoms with Crippen molar-refractivity contribution in [2.45, 2.75) is 9.79 Å². The summed E-state index contributed by atoms with van der Waals surface area (Å²) in [5.74, 6) is 0. The lowest BCUT2D eigenvalue weighted by molar-refractivity contribution is 1.17. The molecule has 0 saturated carbocycles. The maximum Gasteiger partial charge on any atom is 0.0953 e. The molecular weight excluding hydrogens is 701 g/mol. The smallest absolute Gasteiger partial charge is 0.0953 e. The Bertz CT molecular complexity index is 2950. The van der Waals surface area contributed by atoms with Gasteiger partial charge in [0.05, 0.1) is 33.3 Å². The van der Waals surface area contributed by atoms with Crippen molar-refractivity contribution in [3.63, 3.8) is 0 Å². The van der Waals surface area contributed by atoms with Crippen LogP contribution in [-0.4, -0.2) is 14.1 Å². The van der Waals surface area contributed by atoms with Gasteiger partial charge in [0, 0.05) is 65.7 Å². The molecule has 5 heteroatoms. The number of pyridine rings is 1. The van der Waals surface area contributed by atoms with Crippen molar-refractivity contribution < 1.29 is 0 Å². The number of hydrogen-bond acceptors (Lipinski definition) is 3. The Labute approximate surface area is 328 Å². The predicted molar refractivity (Wildman–Crippen MR) is 236 cm³/mol. The lowest BCUT2D eigenvalue weighted by Crippen LogP contribution is -2.11. The van der Waals surface area contributed by atoms with Gasteiger partial charge < -0.3 is 14.0 Å². The van der Waals surface area contributed by atoms with Gasteiger partial charge in [-0.15, -0.1) is 0 Å². The summed E-state index contributed by atoms with van der Waals surface area (Å²) in [6, 6.07) is 71.8. The topological polar surface area (TPSA) is 26.0 Å². The fourth-order valence-corrected chi connectivity index (χ4v) is 9.30. The van der Waals surface area contributed by atoms with Crippen LogP contribution in [0.1, 0.15) is 0 Å². The highest BCUT2D eigenvalue weighted by Gasteiger charge is 2.20. The van der Waals surface area contributed by atoms with E-state index in [2.05, 4.69) is 208 Å². The Morgan fingerprint density at radius 3 is 1.29 bits per heavy atom. The van der Waals surface area contributed by atoms with Crippen molar-refractivity contribution in [1.29, 1.82) is 0 Å². The van der Waals surface area contributed by atoms with Gasteiger partial charge in [-0.3, -0.25) is 4.98 Å². The van der Waals surface area contributed by atoms with Gasteiger partial charge in [0.15, 0.2) is 0 Å². The zero-order chi connectivity index (χ0) is 37.0. The summed E-state index contributed by atoms with van der Waals surface area (Å²) in [5.41, 5.74) is 11.1. The largest absolute Gasteiger partial charge is 0.309 e. The zero-order valence-corrected chi connectivity index (χ0v) is 31.1. The number of benzene rings is 8. The van der Waals surface area contributed by atoms with Gasteiger partial charge in [-0.1, -0.05) is 109 Å². The number of nitrogens with zero attached hydrogens (tertiary/aromatic N) is 4. The molecule has 0 aliphatic rings. The minimum absolute atomic E-state index is 0.950. The standard InChI is InChI=1S/C51H34N4S/c1-2-13-39(14-3-1)56-50-33-32-49(51-44(50)19-12-34-52-51)53(35-24-28-37(29-25-35)54-45-20-8-4-15-40(45)41-16-5-9-21-46(41)54)36-26-30-38(31-27-36)55-47-22-10-6-17-42(47)43-18-7-11-23-48(43)55/h1-34H. The molecule has 3 aromatic heterocycles. The third-order valence-corrected chi connectivity index (χ3v) is 11.9. The molecule has 0 aliphatic carbocycles. The molecule has 0 radical (unpaired) electrons. The average molecular weight is 735 g/mol. The molecule has 0 amide bonds. The Morgan fingerprint density at radius 2 is 0.804 bits per heavy atom. The van der Waals surface area contributed by atoms with Crippen molar-refractivity contribution in [1.82, 2.24) is 14.1 Å². The minimum atomic E-state index is 0.950. The van der Waals surface area contributed by atoms with Crippen molar-refractivity contribution in [2.75, 3.05) is 4.90 Å². The van der Waals surface area contributed by atoms with E-state index in [-0.39, 0.29) is 0 Å². The zero-order valence-electron chi connectivity index (χ0n) is 30.3. The number of para-hydroxylation sites is 4. The Kier molecular flexibility index (Phi) is 7.71.